The molecule has 0 aliphatic heterocycles. The van der Waals surface area contributed by atoms with E-state index in [1.54, 1.807) is 0 Å². The molecule has 0 aliphatic carbocycles. The lowest BCUT2D eigenvalue weighted by atomic mass is 9.86. The minimum absolute atomic E-state index is 0.119. The summed E-state index contributed by atoms with van der Waals surface area (Å²) in [6.45, 7) is 3.21. The van der Waals surface area contributed by atoms with Crippen molar-refractivity contribution >= 4 is 29.1 Å². The van der Waals surface area contributed by atoms with Crippen LogP contribution < -0.4 is 10.7 Å². The van der Waals surface area contributed by atoms with Gasteiger partial charge in [-0.15, -0.1) is 0 Å². The van der Waals surface area contributed by atoms with Crippen molar-refractivity contribution < 1.29 is 27.8 Å². The summed E-state index contributed by atoms with van der Waals surface area (Å²) in [5.41, 5.74) is 0.473. The van der Waals surface area contributed by atoms with E-state index in [1.807, 2.05) is 6.92 Å². The number of unbranched alkanes of at least 4 members (excludes halogenated alkanes) is 1. The highest BCUT2D eigenvalue weighted by Crippen LogP contribution is 2.32. The molecule has 13 heteroatoms. The Hall–Kier alpha value is -3.71. The molecule has 198 valence electrons. The number of carbonyl (C=O) groups excluding carboxylic acids is 1. The number of aliphatic hydroxyl groups is 1. The number of amides is 1. The molecule has 0 bridgehead atoms. The van der Waals surface area contributed by atoms with Gasteiger partial charge in [0.1, 0.15) is 35.7 Å². The van der Waals surface area contributed by atoms with Crippen LogP contribution in [0.3, 0.4) is 0 Å². The summed E-state index contributed by atoms with van der Waals surface area (Å²) < 4.78 is 48.5. The number of nitrogens with zero attached hydrogens (tertiary/aromatic N) is 4. The van der Waals surface area contributed by atoms with Crippen LogP contribution in [0.4, 0.5) is 23.7 Å². The van der Waals surface area contributed by atoms with Gasteiger partial charge in [0, 0.05) is 17.3 Å². The second-order valence-corrected chi connectivity index (χ2v) is 8.61. The number of rotatable bonds is 9. The fraction of sp³-hybridized carbons (Fsp3) is 0.333. The van der Waals surface area contributed by atoms with Gasteiger partial charge >= 0.3 is 6.09 Å². The number of ether oxygens (including phenoxy) is 1. The Kier molecular flexibility index (Phi) is 9.42. The average Bonchev–Trinajstić information content (AvgIpc) is 3.36. The van der Waals surface area contributed by atoms with Crippen molar-refractivity contribution in [2.24, 2.45) is 0 Å². The van der Waals surface area contributed by atoms with Crippen LogP contribution in [-0.2, 0) is 16.9 Å². The SMILES string of the molecule is CCCCOC(=O)NN(C(=S)Nc1ccc(F)cc1)[C@H](C)[C@](O)(Cn1cncn1)c1ccc(F)cc1F. The summed E-state index contributed by atoms with van der Waals surface area (Å²) >= 11 is 5.49. The van der Waals surface area contributed by atoms with E-state index >= 15 is 0 Å². The molecule has 0 saturated heterocycles. The van der Waals surface area contributed by atoms with Crippen molar-refractivity contribution in [2.45, 2.75) is 44.9 Å². The summed E-state index contributed by atoms with van der Waals surface area (Å²) in [6.07, 6.45) is 3.09. The first kappa shape index (κ1) is 27.9. The van der Waals surface area contributed by atoms with Crippen LogP contribution in [0.15, 0.2) is 55.1 Å². The van der Waals surface area contributed by atoms with Gasteiger partial charge in [0.05, 0.1) is 19.2 Å². The van der Waals surface area contributed by atoms with E-state index < -0.39 is 35.2 Å². The second-order valence-electron chi connectivity index (χ2n) is 8.23. The number of benzene rings is 2. The largest absolute Gasteiger partial charge is 0.448 e. The average molecular weight is 537 g/mol. The number of halogens is 3. The van der Waals surface area contributed by atoms with Gasteiger partial charge in [-0.2, -0.15) is 5.10 Å². The molecule has 3 aromatic rings. The number of hydrogen-bond donors (Lipinski definition) is 3. The summed E-state index contributed by atoms with van der Waals surface area (Å²) in [6, 6.07) is 6.82. The van der Waals surface area contributed by atoms with Gasteiger partial charge < -0.3 is 15.2 Å². The molecule has 2 aromatic carbocycles. The summed E-state index contributed by atoms with van der Waals surface area (Å²) in [5, 5.41) is 19.7. The summed E-state index contributed by atoms with van der Waals surface area (Å²) in [5.74, 6) is -2.31. The van der Waals surface area contributed by atoms with E-state index in [4.69, 9.17) is 17.0 Å². The van der Waals surface area contributed by atoms with Crippen molar-refractivity contribution in [1.82, 2.24) is 25.2 Å². The number of anilines is 1. The predicted octanol–water partition coefficient (Wildman–Crippen LogP) is 4.11. The Bertz CT molecular complexity index is 1200. The molecular weight excluding hydrogens is 509 g/mol. The lowest BCUT2D eigenvalue weighted by Crippen LogP contribution is -2.60. The van der Waals surface area contributed by atoms with E-state index in [9.17, 15) is 23.1 Å². The van der Waals surface area contributed by atoms with E-state index in [0.717, 1.165) is 23.6 Å². The molecule has 0 fully saturated rings. The molecule has 9 nitrogen and oxygen atoms in total. The normalized spacial score (nSPS) is 13.4. The van der Waals surface area contributed by atoms with Gasteiger partial charge in [0.25, 0.3) is 0 Å². The zero-order valence-electron chi connectivity index (χ0n) is 20.2. The molecule has 0 aliphatic rings. The van der Waals surface area contributed by atoms with Gasteiger partial charge in [0.15, 0.2) is 5.11 Å². The number of thiocarbonyl (C=S) groups is 1. The molecule has 1 aromatic heterocycles. The predicted molar refractivity (Wildman–Crippen MR) is 134 cm³/mol. The van der Waals surface area contributed by atoms with Crippen LogP contribution in [0.1, 0.15) is 32.3 Å². The first-order chi connectivity index (χ1) is 17.6. The van der Waals surface area contributed by atoms with Crippen molar-refractivity contribution in [1.29, 1.82) is 0 Å². The molecule has 1 heterocycles. The maximum absolute atomic E-state index is 15.0. The number of aromatic nitrogens is 3. The molecule has 0 radical (unpaired) electrons. The highest BCUT2D eigenvalue weighted by atomic mass is 32.1. The standard InChI is InChI=1S/C24H27F3N6O3S/c1-3-4-11-36-23(34)31-33(22(37)30-19-8-5-17(25)6-9-19)16(2)24(35,13-32-15-28-14-29-32)20-10-7-18(26)12-21(20)27/h5-10,12,14-16,35H,3-4,11,13H2,1-2H3,(H,30,37)(H,31,34)/t16-,24-/m1/s1. The first-order valence-corrected chi connectivity index (χ1v) is 11.8. The molecule has 2 atom stereocenters. The molecule has 0 spiro atoms. The third-order valence-electron chi connectivity index (χ3n) is 5.60. The van der Waals surface area contributed by atoms with Gasteiger partial charge in [-0.25, -0.2) is 33.1 Å². The molecule has 3 N–H and O–H groups in total. The molecule has 3 rings (SSSR count). The molecule has 0 saturated carbocycles. The van der Waals surface area contributed by atoms with E-state index in [0.29, 0.717) is 18.2 Å². The van der Waals surface area contributed by atoms with Gasteiger partial charge in [0.2, 0.25) is 0 Å². The van der Waals surface area contributed by atoms with Crippen molar-refractivity contribution in [3.05, 3.63) is 78.1 Å². The van der Waals surface area contributed by atoms with Crippen LogP contribution in [0.2, 0.25) is 0 Å². The maximum atomic E-state index is 15.0. The highest BCUT2D eigenvalue weighted by Gasteiger charge is 2.44. The Labute approximate surface area is 217 Å². The second kappa shape index (κ2) is 12.5. The molecular formula is C24H27F3N6O3S. The Balaban J connectivity index is 2.00. The maximum Gasteiger partial charge on any atom is 0.426 e. The number of hydrogen-bond acceptors (Lipinski definition) is 6. The van der Waals surface area contributed by atoms with E-state index in [1.165, 1.54) is 48.5 Å². The van der Waals surface area contributed by atoms with Crippen molar-refractivity contribution in [3.63, 3.8) is 0 Å². The van der Waals surface area contributed by atoms with Crippen LogP contribution >= 0.6 is 12.2 Å². The van der Waals surface area contributed by atoms with Crippen LogP contribution in [-0.4, -0.2) is 48.7 Å². The van der Waals surface area contributed by atoms with Crippen LogP contribution in [0, 0.1) is 17.5 Å². The Morgan fingerprint density at radius 1 is 1.22 bits per heavy atom. The number of carbonyl (C=O) groups is 1. The lowest BCUT2D eigenvalue weighted by molar-refractivity contribution is -0.0548. The van der Waals surface area contributed by atoms with Crippen LogP contribution in [0.5, 0.6) is 0 Å². The van der Waals surface area contributed by atoms with Crippen molar-refractivity contribution in [2.75, 3.05) is 11.9 Å². The topological polar surface area (TPSA) is 105 Å². The van der Waals surface area contributed by atoms with Gasteiger partial charge in [-0.3, -0.25) is 5.01 Å². The number of hydrazine groups is 1. The Morgan fingerprint density at radius 2 is 1.92 bits per heavy atom. The van der Waals surface area contributed by atoms with E-state index in [-0.39, 0.29) is 23.8 Å². The molecule has 0 unspecified atom stereocenters. The lowest BCUT2D eigenvalue weighted by Gasteiger charge is -2.41. The summed E-state index contributed by atoms with van der Waals surface area (Å²) in [4.78, 5) is 16.4. The number of nitrogens with one attached hydrogen (secondary N) is 2. The zero-order valence-corrected chi connectivity index (χ0v) is 21.0. The smallest absolute Gasteiger partial charge is 0.426 e. The fourth-order valence-corrected chi connectivity index (χ4v) is 3.86. The van der Waals surface area contributed by atoms with Crippen LogP contribution in [0.25, 0.3) is 0 Å². The van der Waals surface area contributed by atoms with Gasteiger partial charge in [-0.05, 0) is 55.9 Å². The fourth-order valence-electron chi connectivity index (χ4n) is 3.54. The quantitative estimate of drug-likeness (QED) is 0.213. The first-order valence-electron chi connectivity index (χ1n) is 11.4. The third kappa shape index (κ3) is 7.17. The zero-order chi connectivity index (χ0) is 27.0. The highest BCUT2D eigenvalue weighted by molar-refractivity contribution is 7.80. The molecule has 37 heavy (non-hydrogen) atoms. The third-order valence-corrected chi connectivity index (χ3v) is 5.90. The van der Waals surface area contributed by atoms with Gasteiger partial charge in [-0.1, -0.05) is 19.4 Å². The minimum atomic E-state index is -2.13. The minimum Gasteiger partial charge on any atom is -0.448 e. The summed E-state index contributed by atoms with van der Waals surface area (Å²) in [7, 11) is 0. The van der Waals surface area contributed by atoms with Crippen molar-refractivity contribution in [3.8, 4) is 0 Å². The monoisotopic (exact) mass is 536 g/mol. The van der Waals surface area contributed by atoms with E-state index in [2.05, 4.69) is 20.8 Å². The Morgan fingerprint density at radius 3 is 2.54 bits per heavy atom. The molecule has 1 amide bonds.